The van der Waals surface area contributed by atoms with Crippen molar-refractivity contribution in [2.24, 2.45) is 0 Å². The van der Waals surface area contributed by atoms with Crippen molar-refractivity contribution in [1.82, 2.24) is 4.90 Å². The summed E-state index contributed by atoms with van der Waals surface area (Å²) in [5, 5.41) is 0. The molecule has 0 bridgehead atoms. The van der Waals surface area contributed by atoms with Crippen LogP contribution in [0.25, 0.3) is 0 Å². The SMILES string of the molecule is CC(C)(C)OC(=O)CN(CCC=O)C(=O)CCCCCCCCCCCCCCCCC=O. The Bertz CT molecular complexity index is 527. The van der Waals surface area contributed by atoms with Gasteiger partial charge >= 0.3 is 5.97 Å². The van der Waals surface area contributed by atoms with E-state index in [9.17, 15) is 19.2 Å². The highest BCUT2D eigenvalue weighted by Crippen LogP contribution is 2.14. The molecular formula is C27H49NO5. The zero-order valence-electron chi connectivity index (χ0n) is 21.6. The number of rotatable bonds is 22. The molecule has 0 aromatic heterocycles. The topological polar surface area (TPSA) is 80.8 Å². The molecule has 33 heavy (non-hydrogen) atoms. The number of unbranched alkanes of at least 4 members (excludes halogenated alkanes) is 14. The van der Waals surface area contributed by atoms with E-state index in [1.165, 1.54) is 69.1 Å². The van der Waals surface area contributed by atoms with E-state index in [4.69, 9.17) is 4.74 Å². The number of aldehydes is 2. The Kier molecular flexibility index (Phi) is 19.8. The van der Waals surface area contributed by atoms with E-state index in [0.717, 1.165) is 38.3 Å². The molecule has 0 fully saturated rings. The monoisotopic (exact) mass is 467 g/mol. The van der Waals surface area contributed by atoms with Crippen LogP contribution in [0.3, 0.4) is 0 Å². The van der Waals surface area contributed by atoms with Gasteiger partial charge in [-0.1, -0.05) is 77.0 Å². The Morgan fingerprint density at radius 3 is 1.52 bits per heavy atom. The molecule has 192 valence electrons. The second-order valence-corrected chi connectivity index (χ2v) is 10.0. The van der Waals surface area contributed by atoms with Crippen LogP contribution in [0.1, 0.15) is 130 Å². The fourth-order valence-corrected chi connectivity index (χ4v) is 3.81. The molecule has 0 rings (SSSR count). The molecule has 6 nitrogen and oxygen atoms in total. The van der Waals surface area contributed by atoms with E-state index >= 15 is 0 Å². The molecule has 0 aromatic rings. The standard InChI is InChI=1S/C27H49NO5/c1-27(2,3)33-26(32)24-28(21-19-23-30)25(31)20-17-15-13-11-9-7-5-4-6-8-10-12-14-16-18-22-29/h22-23H,4-21,24H2,1-3H3. The lowest BCUT2D eigenvalue weighted by Crippen LogP contribution is -2.39. The number of hydrogen-bond donors (Lipinski definition) is 0. The van der Waals surface area contributed by atoms with Crippen molar-refractivity contribution < 1.29 is 23.9 Å². The lowest BCUT2D eigenvalue weighted by molar-refractivity contribution is -0.159. The van der Waals surface area contributed by atoms with Crippen LogP contribution >= 0.6 is 0 Å². The van der Waals surface area contributed by atoms with Gasteiger partial charge in [0.05, 0.1) is 0 Å². The summed E-state index contributed by atoms with van der Waals surface area (Å²) in [6, 6.07) is 0. The summed E-state index contributed by atoms with van der Waals surface area (Å²) < 4.78 is 5.30. The molecule has 0 saturated carbocycles. The lowest BCUT2D eigenvalue weighted by Gasteiger charge is -2.24. The van der Waals surface area contributed by atoms with Gasteiger partial charge in [-0.3, -0.25) is 9.59 Å². The van der Waals surface area contributed by atoms with E-state index < -0.39 is 11.6 Å². The Morgan fingerprint density at radius 1 is 0.667 bits per heavy atom. The van der Waals surface area contributed by atoms with Crippen LogP contribution in [-0.4, -0.2) is 48.0 Å². The predicted octanol–water partition coefficient (Wildman–Crippen LogP) is 6.19. The smallest absolute Gasteiger partial charge is 0.326 e. The number of carbonyl (C=O) groups excluding carboxylic acids is 4. The molecule has 6 heteroatoms. The molecular weight excluding hydrogens is 418 g/mol. The van der Waals surface area contributed by atoms with Gasteiger partial charge in [0.15, 0.2) is 0 Å². The largest absolute Gasteiger partial charge is 0.459 e. The lowest BCUT2D eigenvalue weighted by atomic mass is 10.0. The van der Waals surface area contributed by atoms with Gasteiger partial charge in [-0.25, -0.2) is 0 Å². The van der Waals surface area contributed by atoms with Crippen LogP contribution < -0.4 is 0 Å². The van der Waals surface area contributed by atoms with Crippen molar-refractivity contribution in [3.05, 3.63) is 0 Å². The molecule has 0 aliphatic heterocycles. The molecule has 0 aliphatic rings. The first-order chi connectivity index (χ1) is 15.8. The number of carbonyl (C=O) groups is 4. The minimum atomic E-state index is -0.589. The van der Waals surface area contributed by atoms with Crippen molar-refractivity contribution in [3.8, 4) is 0 Å². The molecule has 1 amide bonds. The van der Waals surface area contributed by atoms with E-state index in [0.29, 0.717) is 12.8 Å². The van der Waals surface area contributed by atoms with E-state index in [-0.39, 0.29) is 25.4 Å². The third-order valence-electron chi connectivity index (χ3n) is 5.57. The van der Waals surface area contributed by atoms with Gasteiger partial charge in [0.2, 0.25) is 5.91 Å². The van der Waals surface area contributed by atoms with Crippen LogP contribution in [0.4, 0.5) is 0 Å². The molecule has 0 spiro atoms. The Hall–Kier alpha value is -1.72. The number of hydrogen-bond acceptors (Lipinski definition) is 5. The summed E-state index contributed by atoms with van der Waals surface area (Å²) in [5.74, 6) is -0.511. The normalized spacial score (nSPS) is 11.2. The zero-order valence-corrected chi connectivity index (χ0v) is 21.6. The molecule has 0 aliphatic carbocycles. The predicted molar refractivity (Wildman–Crippen MR) is 133 cm³/mol. The maximum atomic E-state index is 12.5. The van der Waals surface area contributed by atoms with Crippen molar-refractivity contribution in [2.75, 3.05) is 13.1 Å². The van der Waals surface area contributed by atoms with Gasteiger partial charge in [0.1, 0.15) is 24.7 Å². The summed E-state index contributed by atoms with van der Waals surface area (Å²) in [4.78, 5) is 46.9. The van der Waals surface area contributed by atoms with Crippen LogP contribution in [-0.2, 0) is 23.9 Å². The maximum Gasteiger partial charge on any atom is 0.326 e. The molecule has 0 saturated heterocycles. The molecule has 0 heterocycles. The second kappa shape index (κ2) is 20.9. The molecule has 0 N–H and O–H groups in total. The summed E-state index contributed by atoms with van der Waals surface area (Å²) in [5.41, 5.74) is -0.589. The van der Waals surface area contributed by atoms with Gasteiger partial charge in [-0.05, 0) is 33.6 Å². The molecule has 0 aromatic carbocycles. The van der Waals surface area contributed by atoms with Crippen molar-refractivity contribution in [3.63, 3.8) is 0 Å². The first-order valence-electron chi connectivity index (χ1n) is 13.2. The summed E-state index contributed by atoms with van der Waals surface area (Å²) in [6.45, 7) is 5.56. The molecule has 0 unspecified atom stereocenters. The van der Waals surface area contributed by atoms with Gasteiger partial charge in [0, 0.05) is 25.8 Å². The molecule has 0 radical (unpaired) electrons. The number of nitrogens with zero attached hydrogens (tertiary/aromatic N) is 1. The highest BCUT2D eigenvalue weighted by molar-refractivity contribution is 5.82. The number of esters is 1. The Morgan fingerprint density at radius 2 is 1.09 bits per heavy atom. The van der Waals surface area contributed by atoms with Gasteiger partial charge in [0.25, 0.3) is 0 Å². The van der Waals surface area contributed by atoms with Crippen LogP contribution in [0, 0.1) is 0 Å². The molecule has 0 atom stereocenters. The minimum Gasteiger partial charge on any atom is -0.459 e. The average molecular weight is 468 g/mol. The van der Waals surface area contributed by atoms with Gasteiger partial charge in [-0.15, -0.1) is 0 Å². The third kappa shape index (κ3) is 21.9. The fourth-order valence-electron chi connectivity index (χ4n) is 3.81. The van der Waals surface area contributed by atoms with Crippen molar-refractivity contribution in [2.45, 2.75) is 136 Å². The van der Waals surface area contributed by atoms with Gasteiger partial charge < -0.3 is 19.2 Å². The van der Waals surface area contributed by atoms with Gasteiger partial charge in [-0.2, -0.15) is 0 Å². The Labute approximate surface area is 202 Å². The first kappa shape index (κ1) is 31.3. The quantitative estimate of drug-likeness (QED) is 0.108. The van der Waals surface area contributed by atoms with Crippen molar-refractivity contribution >= 4 is 24.4 Å². The maximum absolute atomic E-state index is 12.5. The van der Waals surface area contributed by atoms with E-state index in [1.54, 1.807) is 20.8 Å². The number of ether oxygens (including phenoxy) is 1. The summed E-state index contributed by atoms with van der Waals surface area (Å²) >= 11 is 0. The summed E-state index contributed by atoms with van der Waals surface area (Å²) in [6.07, 6.45) is 19.9. The van der Waals surface area contributed by atoms with E-state index in [2.05, 4.69) is 0 Å². The zero-order chi connectivity index (χ0) is 24.8. The van der Waals surface area contributed by atoms with Crippen LogP contribution in [0.2, 0.25) is 0 Å². The first-order valence-corrected chi connectivity index (χ1v) is 13.2. The number of amides is 1. The third-order valence-corrected chi connectivity index (χ3v) is 5.57. The summed E-state index contributed by atoms with van der Waals surface area (Å²) in [7, 11) is 0. The Balaban J connectivity index is 3.73. The van der Waals surface area contributed by atoms with E-state index in [1.807, 2.05) is 0 Å². The fraction of sp³-hybridized carbons (Fsp3) is 0.852. The average Bonchev–Trinajstić information content (AvgIpc) is 2.74. The van der Waals surface area contributed by atoms with Crippen LogP contribution in [0.15, 0.2) is 0 Å². The van der Waals surface area contributed by atoms with Crippen LogP contribution in [0.5, 0.6) is 0 Å². The van der Waals surface area contributed by atoms with Crippen molar-refractivity contribution in [1.29, 1.82) is 0 Å². The minimum absolute atomic E-state index is 0.0774. The highest BCUT2D eigenvalue weighted by atomic mass is 16.6. The second-order valence-electron chi connectivity index (χ2n) is 10.0. The highest BCUT2D eigenvalue weighted by Gasteiger charge is 2.21.